The second-order valence-corrected chi connectivity index (χ2v) is 5.51. The van der Waals surface area contributed by atoms with Crippen LogP contribution in [0.5, 0.6) is 0 Å². The van der Waals surface area contributed by atoms with E-state index in [1.54, 1.807) is 31.9 Å². The summed E-state index contributed by atoms with van der Waals surface area (Å²) in [7, 11) is 1.54. The second-order valence-electron chi connectivity index (χ2n) is 5.51. The third-order valence-electron chi connectivity index (χ3n) is 3.88. The van der Waals surface area contributed by atoms with E-state index in [9.17, 15) is 4.79 Å². The Labute approximate surface area is 128 Å². The molecular weight excluding hydrogens is 282 g/mol. The number of rotatable bonds is 5. The minimum atomic E-state index is 0.0585. The van der Waals surface area contributed by atoms with Crippen molar-refractivity contribution in [3.05, 3.63) is 30.5 Å². The number of ether oxygens (including phenoxy) is 1. The first kappa shape index (κ1) is 14.6. The molecule has 0 saturated carbocycles. The molecule has 0 aliphatic carbocycles. The van der Waals surface area contributed by atoms with Crippen molar-refractivity contribution in [1.82, 2.24) is 25.1 Å². The Balaban J connectivity index is 1.62. The highest BCUT2D eigenvalue weighted by Gasteiger charge is 2.26. The summed E-state index contributed by atoms with van der Waals surface area (Å²) in [5, 5.41) is 6.71. The highest BCUT2D eigenvalue weighted by molar-refractivity contribution is 5.77. The molecule has 0 spiro atoms. The van der Waals surface area contributed by atoms with Crippen LogP contribution < -0.4 is 0 Å². The molecule has 1 fully saturated rings. The molecule has 1 atom stereocenters. The first-order chi connectivity index (χ1) is 10.8. The van der Waals surface area contributed by atoms with Gasteiger partial charge >= 0.3 is 0 Å². The lowest BCUT2D eigenvalue weighted by Gasteiger charge is -2.15. The Bertz CT molecular complexity index is 629. The van der Waals surface area contributed by atoms with Gasteiger partial charge < -0.3 is 9.64 Å². The van der Waals surface area contributed by atoms with Crippen molar-refractivity contribution >= 4 is 5.91 Å². The van der Waals surface area contributed by atoms with Gasteiger partial charge in [0.15, 0.2) is 0 Å². The van der Waals surface area contributed by atoms with E-state index in [2.05, 4.69) is 20.2 Å². The Hall–Kier alpha value is -2.28. The minimum absolute atomic E-state index is 0.0585. The molecule has 0 bridgehead atoms. The summed E-state index contributed by atoms with van der Waals surface area (Å²) in [4.78, 5) is 22.6. The monoisotopic (exact) mass is 301 g/mol. The summed E-state index contributed by atoms with van der Waals surface area (Å²) in [6.07, 6.45) is 8.88. The number of nitrogens with one attached hydrogen (secondary N) is 1. The Morgan fingerprint density at radius 3 is 3.14 bits per heavy atom. The molecule has 0 unspecified atom stereocenters. The molecule has 116 valence electrons. The number of likely N-dealkylation sites (tertiary alicyclic amines) is 1. The number of amides is 1. The van der Waals surface area contributed by atoms with Gasteiger partial charge in [0, 0.05) is 38.2 Å². The Kier molecular flexibility index (Phi) is 4.43. The van der Waals surface area contributed by atoms with Crippen LogP contribution in [0.1, 0.15) is 12.1 Å². The first-order valence-corrected chi connectivity index (χ1v) is 7.33. The third kappa shape index (κ3) is 3.30. The summed E-state index contributed by atoms with van der Waals surface area (Å²) in [5.41, 5.74) is 2.69. The lowest BCUT2D eigenvalue weighted by atomic mass is 10.0. The largest absolute Gasteiger partial charge is 0.375 e. The summed E-state index contributed by atoms with van der Waals surface area (Å²) in [6, 6.07) is 0. The second kappa shape index (κ2) is 6.65. The molecule has 1 amide bonds. The Morgan fingerprint density at radius 1 is 1.45 bits per heavy atom. The standard InChI is InChI=1S/C15H19N5O2/c1-22-10-15(21)20-3-2-11(9-20)4-13-7-16-8-14(19-13)12-5-17-18-6-12/h5-8,11H,2-4,9-10H2,1H3,(H,17,18)/t11-/m1/s1. The van der Waals surface area contributed by atoms with E-state index < -0.39 is 0 Å². The van der Waals surface area contributed by atoms with Crippen molar-refractivity contribution < 1.29 is 9.53 Å². The molecule has 0 aromatic carbocycles. The van der Waals surface area contributed by atoms with Gasteiger partial charge in [0.05, 0.1) is 23.8 Å². The zero-order valence-corrected chi connectivity index (χ0v) is 12.5. The highest BCUT2D eigenvalue weighted by Crippen LogP contribution is 2.21. The van der Waals surface area contributed by atoms with Crippen LogP contribution in [0.4, 0.5) is 0 Å². The quantitative estimate of drug-likeness (QED) is 0.887. The van der Waals surface area contributed by atoms with Gasteiger partial charge in [-0.15, -0.1) is 0 Å². The molecule has 7 nitrogen and oxygen atoms in total. The number of hydrogen-bond acceptors (Lipinski definition) is 5. The van der Waals surface area contributed by atoms with Crippen molar-refractivity contribution in [3.63, 3.8) is 0 Å². The van der Waals surface area contributed by atoms with Crippen LogP contribution in [0.3, 0.4) is 0 Å². The van der Waals surface area contributed by atoms with Crippen LogP contribution in [0.15, 0.2) is 24.8 Å². The number of nitrogens with zero attached hydrogens (tertiary/aromatic N) is 4. The van der Waals surface area contributed by atoms with Crippen LogP contribution in [-0.4, -0.2) is 57.8 Å². The molecule has 1 aliphatic heterocycles. The fourth-order valence-electron chi connectivity index (χ4n) is 2.77. The maximum absolute atomic E-state index is 11.8. The summed E-state index contributed by atoms with van der Waals surface area (Å²) < 4.78 is 4.90. The topological polar surface area (TPSA) is 84.0 Å². The minimum Gasteiger partial charge on any atom is -0.375 e. The van der Waals surface area contributed by atoms with Gasteiger partial charge in [0.25, 0.3) is 0 Å². The molecule has 1 N–H and O–H groups in total. The number of hydrogen-bond donors (Lipinski definition) is 1. The maximum atomic E-state index is 11.8. The molecule has 7 heteroatoms. The SMILES string of the molecule is COCC(=O)N1CC[C@H](Cc2cncc(-c3cn[nH]c3)n2)C1. The molecule has 1 saturated heterocycles. The summed E-state index contributed by atoms with van der Waals surface area (Å²) in [6.45, 7) is 1.71. The third-order valence-corrected chi connectivity index (χ3v) is 3.88. The zero-order chi connectivity index (χ0) is 15.4. The smallest absolute Gasteiger partial charge is 0.248 e. The first-order valence-electron chi connectivity index (χ1n) is 7.33. The van der Waals surface area contributed by atoms with Crippen molar-refractivity contribution in [2.45, 2.75) is 12.8 Å². The maximum Gasteiger partial charge on any atom is 0.248 e. The number of methoxy groups -OCH3 is 1. The fourth-order valence-corrected chi connectivity index (χ4v) is 2.77. The van der Waals surface area contributed by atoms with Crippen LogP contribution in [0.2, 0.25) is 0 Å². The normalized spacial score (nSPS) is 17.9. The summed E-state index contributed by atoms with van der Waals surface area (Å²) >= 11 is 0. The van der Waals surface area contributed by atoms with Crippen LogP contribution in [0, 0.1) is 5.92 Å². The zero-order valence-electron chi connectivity index (χ0n) is 12.5. The molecule has 3 rings (SSSR count). The van der Waals surface area contributed by atoms with Gasteiger partial charge in [-0.1, -0.05) is 0 Å². The van der Waals surface area contributed by atoms with Gasteiger partial charge in [0.2, 0.25) is 5.91 Å². The van der Waals surface area contributed by atoms with Gasteiger partial charge in [-0.2, -0.15) is 5.10 Å². The summed E-state index contributed by atoms with van der Waals surface area (Å²) in [5.74, 6) is 0.484. The molecule has 2 aromatic heterocycles. The van der Waals surface area contributed by atoms with E-state index in [0.717, 1.165) is 42.9 Å². The molecular formula is C15H19N5O2. The molecule has 1 aliphatic rings. The van der Waals surface area contributed by atoms with Crippen LogP contribution in [0.25, 0.3) is 11.3 Å². The number of aromatic amines is 1. The molecule has 22 heavy (non-hydrogen) atoms. The average molecular weight is 301 g/mol. The highest BCUT2D eigenvalue weighted by atomic mass is 16.5. The lowest BCUT2D eigenvalue weighted by molar-refractivity contribution is -0.134. The lowest BCUT2D eigenvalue weighted by Crippen LogP contribution is -2.31. The van der Waals surface area contributed by atoms with Gasteiger partial charge in [-0.05, 0) is 18.8 Å². The fraction of sp³-hybridized carbons (Fsp3) is 0.467. The molecule has 3 heterocycles. The van der Waals surface area contributed by atoms with E-state index in [1.165, 1.54) is 0 Å². The van der Waals surface area contributed by atoms with Crippen molar-refractivity contribution in [3.8, 4) is 11.3 Å². The van der Waals surface area contributed by atoms with E-state index >= 15 is 0 Å². The van der Waals surface area contributed by atoms with Crippen molar-refractivity contribution in [2.24, 2.45) is 5.92 Å². The van der Waals surface area contributed by atoms with Crippen molar-refractivity contribution in [2.75, 3.05) is 26.8 Å². The van der Waals surface area contributed by atoms with Crippen LogP contribution in [-0.2, 0) is 16.0 Å². The number of carbonyl (C=O) groups is 1. The van der Waals surface area contributed by atoms with E-state index in [4.69, 9.17) is 4.74 Å². The number of aromatic nitrogens is 4. The predicted octanol–water partition coefficient (Wildman–Crippen LogP) is 0.904. The van der Waals surface area contributed by atoms with E-state index in [-0.39, 0.29) is 12.5 Å². The van der Waals surface area contributed by atoms with Gasteiger partial charge in [0.1, 0.15) is 6.61 Å². The van der Waals surface area contributed by atoms with Gasteiger partial charge in [-0.3, -0.25) is 14.9 Å². The predicted molar refractivity (Wildman–Crippen MR) is 79.9 cm³/mol. The Morgan fingerprint density at radius 2 is 2.36 bits per heavy atom. The van der Waals surface area contributed by atoms with E-state index in [1.807, 2.05) is 4.90 Å². The number of H-pyrrole nitrogens is 1. The number of carbonyl (C=O) groups excluding carboxylic acids is 1. The van der Waals surface area contributed by atoms with Crippen molar-refractivity contribution in [1.29, 1.82) is 0 Å². The molecule has 0 radical (unpaired) electrons. The van der Waals surface area contributed by atoms with Gasteiger partial charge in [-0.25, -0.2) is 4.98 Å². The van der Waals surface area contributed by atoms with E-state index in [0.29, 0.717) is 5.92 Å². The average Bonchev–Trinajstić information content (AvgIpc) is 3.19. The van der Waals surface area contributed by atoms with Crippen LogP contribution >= 0.6 is 0 Å². The molecule has 2 aromatic rings.